The van der Waals surface area contributed by atoms with Gasteiger partial charge in [0.25, 0.3) is 0 Å². The van der Waals surface area contributed by atoms with E-state index in [2.05, 4.69) is 17.0 Å². The third kappa shape index (κ3) is 5.03. The number of likely N-dealkylation sites (tertiary alicyclic amines) is 1. The van der Waals surface area contributed by atoms with Crippen LogP contribution in [0.1, 0.15) is 43.2 Å². The Bertz CT molecular complexity index is 392. The van der Waals surface area contributed by atoms with Crippen LogP contribution in [0.3, 0.4) is 0 Å². The second-order valence-corrected chi connectivity index (χ2v) is 5.43. The van der Waals surface area contributed by atoms with E-state index in [4.69, 9.17) is 5.11 Å². The van der Waals surface area contributed by atoms with Gasteiger partial charge in [0.1, 0.15) is 0 Å². The smallest absolute Gasteiger partial charge is 0.307 e. The van der Waals surface area contributed by atoms with E-state index in [-0.39, 0.29) is 6.42 Å². The molecule has 3 heteroatoms. The molecule has 3 nitrogen and oxygen atoms in total. The molecule has 1 aromatic carbocycles. The maximum atomic E-state index is 10.6. The van der Waals surface area contributed by atoms with Gasteiger partial charge in [-0.05, 0) is 37.1 Å². The van der Waals surface area contributed by atoms with Gasteiger partial charge in [0.15, 0.2) is 0 Å². The number of hydrogen-bond donors (Lipinski definition) is 1. The third-order valence-corrected chi connectivity index (χ3v) is 3.73. The Balaban J connectivity index is 1.88. The fraction of sp³-hybridized carbons (Fsp3) is 0.562. The molecule has 1 aromatic rings. The minimum atomic E-state index is -0.767. The van der Waals surface area contributed by atoms with E-state index >= 15 is 0 Å². The lowest BCUT2D eigenvalue weighted by atomic mass is 10.1. The van der Waals surface area contributed by atoms with Crippen LogP contribution in [-0.4, -0.2) is 29.1 Å². The quantitative estimate of drug-likeness (QED) is 0.905. The molecule has 0 aliphatic carbocycles. The Hall–Kier alpha value is -1.35. The van der Waals surface area contributed by atoms with Crippen molar-refractivity contribution >= 4 is 5.97 Å². The average molecular weight is 261 g/mol. The van der Waals surface area contributed by atoms with Gasteiger partial charge in [0, 0.05) is 6.54 Å². The summed E-state index contributed by atoms with van der Waals surface area (Å²) in [6.07, 6.45) is 6.82. The molecule has 0 bridgehead atoms. The summed E-state index contributed by atoms with van der Waals surface area (Å²) in [7, 11) is 0. The molecule has 0 spiro atoms. The Morgan fingerprint density at radius 3 is 2.05 bits per heavy atom. The highest BCUT2D eigenvalue weighted by molar-refractivity contribution is 5.70. The van der Waals surface area contributed by atoms with Crippen LogP contribution in [0.5, 0.6) is 0 Å². The van der Waals surface area contributed by atoms with Crippen LogP contribution < -0.4 is 0 Å². The topological polar surface area (TPSA) is 40.5 Å². The molecule has 2 rings (SSSR count). The van der Waals surface area contributed by atoms with Crippen LogP contribution in [0, 0.1) is 0 Å². The van der Waals surface area contributed by atoms with Crippen molar-refractivity contribution in [3.05, 3.63) is 35.4 Å². The molecule has 0 atom stereocenters. The van der Waals surface area contributed by atoms with E-state index in [0.29, 0.717) is 0 Å². The normalized spacial score (nSPS) is 17.7. The molecule has 0 aromatic heterocycles. The predicted octanol–water partition coefficient (Wildman–Crippen LogP) is 3.08. The minimum absolute atomic E-state index is 0.115. The molecule has 19 heavy (non-hydrogen) atoms. The van der Waals surface area contributed by atoms with Crippen molar-refractivity contribution in [2.45, 2.75) is 45.1 Å². The second-order valence-electron chi connectivity index (χ2n) is 5.43. The van der Waals surface area contributed by atoms with Crippen molar-refractivity contribution in [3.8, 4) is 0 Å². The lowest BCUT2D eigenvalue weighted by Gasteiger charge is -2.24. The standard InChI is InChI=1S/C16H23NO2/c18-16(19)12-14-6-8-15(9-7-14)13-17-10-4-2-1-3-5-11-17/h6-9H,1-5,10-13H2,(H,18,19). The largest absolute Gasteiger partial charge is 0.481 e. The average Bonchev–Trinajstić information content (AvgIpc) is 2.34. The Labute approximate surface area is 115 Å². The summed E-state index contributed by atoms with van der Waals surface area (Å²) < 4.78 is 0. The molecule has 104 valence electrons. The molecule has 1 N–H and O–H groups in total. The molecule has 0 saturated carbocycles. The zero-order valence-corrected chi connectivity index (χ0v) is 11.5. The summed E-state index contributed by atoms with van der Waals surface area (Å²) in [4.78, 5) is 13.2. The first-order valence-electron chi connectivity index (χ1n) is 7.26. The lowest BCUT2D eigenvalue weighted by molar-refractivity contribution is -0.136. The van der Waals surface area contributed by atoms with E-state index in [1.165, 1.54) is 50.8 Å². The van der Waals surface area contributed by atoms with Crippen LogP contribution >= 0.6 is 0 Å². The first-order valence-corrected chi connectivity index (χ1v) is 7.26. The second kappa shape index (κ2) is 7.29. The number of aliphatic carboxylic acids is 1. The van der Waals surface area contributed by atoms with Gasteiger partial charge in [-0.25, -0.2) is 0 Å². The number of hydrogen-bond acceptors (Lipinski definition) is 2. The van der Waals surface area contributed by atoms with Gasteiger partial charge < -0.3 is 5.11 Å². The highest BCUT2D eigenvalue weighted by Gasteiger charge is 2.08. The molecule has 1 heterocycles. The zero-order chi connectivity index (χ0) is 13.5. The number of rotatable bonds is 4. The number of carboxylic acid groups (broad SMARTS) is 1. The Morgan fingerprint density at radius 2 is 1.47 bits per heavy atom. The van der Waals surface area contributed by atoms with Gasteiger partial charge in [0.2, 0.25) is 0 Å². The van der Waals surface area contributed by atoms with Crippen molar-refractivity contribution in [1.82, 2.24) is 4.90 Å². The van der Waals surface area contributed by atoms with Crippen LogP contribution in [0.4, 0.5) is 0 Å². The van der Waals surface area contributed by atoms with Crippen LogP contribution in [0.25, 0.3) is 0 Å². The fourth-order valence-electron chi connectivity index (χ4n) is 2.67. The van der Waals surface area contributed by atoms with Crippen LogP contribution in [0.15, 0.2) is 24.3 Å². The summed E-state index contributed by atoms with van der Waals surface area (Å²) in [5.41, 5.74) is 2.17. The van der Waals surface area contributed by atoms with Gasteiger partial charge in [-0.3, -0.25) is 9.69 Å². The highest BCUT2D eigenvalue weighted by Crippen LogP contribution is 2.14. The summed E-state index contributed by atoms with van der Waals surface area (Å²) in [5.74, 6) is -0.767. The van der Waals surface area contributed by atoms with Crippen molar-refractivity contribution in [3.63, 3.8) is 0 Å². The predicted molar refractivity (Wildman–Crippen MR) is 76.1 cm³/mol. The molecule has 1 saturated heterocycles. The minimum Gasteiger partial charge on any atom is -0.481 e. The van der Waals surface area contributed by atoms with E-state index in [0.717, 1.165) is 12.1 Å². The van der Waals surface area contributed by atoms with Gasteiger partial charge in [-0.2, -0.15) is 0 Å². The maximum absolute atomic E-state index is 10.6. The maximum Gasteiger partial charge on any atom is 0.307 e. The Morgan fingerprint density at radius 1 is 0.947 bits per heavy atom. The van der Waals surface area contributed by atoms with E-state index in [1.54, 1.807) is 0 Å². The van der Waals surface area contributed by atoms with Crippen molar-refractivity contribution in [1.29, 1.82) is 0 Å². The molecular formula is C16H23NO2. The van der Waals surface area contributed by atoms with Crippen molar-refractivity contribution < 1.29 is 9.90 Å². The van der Waals surface area contributed by atoms with E-state index in [9.17, 15) is 4.79 Å². The molecule has 1 aliphatic rings. The number of benzene rings is 1. The zero-order valence-electron chi connectivity index (χ0n) is 11.5. The molecule has 0 unspecified atom stereocenters. The number of nitrogens with zero attached hydrogens (tertiary/aromatic N) is 1. The molecule has 0 radical (unpaired) electrons. The molecular weight excluding hydrogens is 238 g/mol. The summed E-state index contributed by atoms with van der Waals surface area (Å²) in [6.45, 7) is 3.38. The summed E-state index contributed by atoms with van der Waals surface area (Å²) in [6, 6.07) is 8.01. The van der Waals surface area contributed by atoms with Crippen LogP contribution in [0.2, 0.25) is 0 Å². The summed E-state index contributed by atoms with van der Waals surface area (Å²) in [5, 5.41) is 8.75. The van der Waals surface area contributed by atoms with Gasteiger partial charge in [-0.1, -0.05) is 43.5 Å². The van der Waals surface area contributed by atoms with Gasteiger partial charge >= 0.3 is 5.97 Å². The molecule has 0 amide bonds. The SMILES string of the molecule is O=C(O)Cc1ccc(CN2CCCCCCC2)cc1. The van der Waals surface area contributed by atoms with E-state index in [1.807, 2.05) is 12.1 Å². The Kier molecular flexibility index (Phi) is 5.40. The molecule has 1 fully saturated rings. The first kappa shape index (κ1) is 14.1. The highest BCUT2D eigenvalue weighted by atomic mass is 16.4. The van der Waals surface area contributed by atoms with Crippen molar-refractivity contribution in [2.24, 2.45) is 0 Å². The number of carbonyl (C=O) groups is 1. The van der Waals surface area contributed by atoms with Gasteiger partial charge in [-0.15, -0.1) is 0 Å². The third-order valence-electron chi connectivity index (χ3n) is 3.73. The van der Waals surface area contributed by atoms with Gasteiger partial charge in [0.05, 0.1) is 6.42 Å². The number of carboxylic acids is 1. The van der Waals surface area contributed by atoms with Crippen molar-refractivity contribution in [2.75, 3.05) is 13.1 Å². The fourth-order valence-corrected chi connectivity index (χ4v) is 2.67. The lowest BCUT2D eigenvalue weighted by Crippen LogP contribution is -2.26. The summed E-state index contributed by atoms with van der Waals surface area (Å²) >= 11 is 0. The van der Waals surface area contributed by atoms with E-state index < -0.39 is 5.97 Å². The van der Waals surface area contributed by atoms with Crippen LogP contribution in [-0.2, 0) is 17.8 Å². The first-order chi connectivity index (χ1) is 9.24. The monoisotopic (exact) mass is 261 g/mol. The molecule has 1 aliphatic heterocycles.